The van der Waals surface area contributed by atoms with Crippen LogP contribution in [0, 0.1) is 5.92 Å². The molecule has 0 aliphatic carbocycles. The number of hydrogen-bond donors (Lipinski definition) is 0. The molecule has 2 unspecified atom stereocenters. The Balaban J connectivity index is 1.25. The SMILES string of the molecule is CCC1C(c2ccc3ccccc3c2)=NC(c2ccc3c(ccc4ccccc43)c2)=NC1c1cc2sc3ccccc3c2cc1Cl. The van der Waals surface area contributed by atoms with Gasteiger partial charge in [0.05, 0.1) is 11.8 Å². The van der Waals surface area contributed by atoms with Crippen molar-refractivity contribution in [1.82, 2.24) is 0 Å². The van der Waals surface area contributed by atoms with E-state index >= 15 is 0 Å². The van der Waals surface area contributed by atoms with E-state index in [0.29, 0.717) is 0 Å². The van der Waals surface area contributed by atoms with Crippen molar-refractivity contribution in [3.63, 3.8) is 0 Å². The van der Waals surface area contributed by atoms with Gasteiger partial charge in [0.25, 0.3) is 0 Å². The molecule has 0 amide bonds. The largest absolute Gasteiger partial charge is 0.257 e. The molecule has 0 spiro atoms. The van der Waals surface area contributed by atoms with Crippen molar-refractivity contribution in [3.8, 4) is 0 Å². The van der Waals surface area contributed by atoms with Gasteiger partial charge in [-0.3, -0.25) is 4.99 Å². The zero-order valence-corrected chi connectivity index (χ0v) is 26.8. The Kier molecular flexibility index (Phi) is 6.52. The fourth-order valence-corrected chi connectivity index (χ4v) is 8.62. The summed E-state index contributed by atoms with van der Waals surface area (Å²) in [6.45, 7) is 2.24. The average Bonchev–Trinajstić information content (AvgIpc) is 3.47. The lowest BCUT2D eigenvalue weighted by atomic mass is 9.82. The molecule has 1 aromatic heterocycles. The summed E-state index contributed by atoms with van der Waals surface area (Å²) in [7, 11) is 0. The highest BCUT2D eigenvalue weighted by atomic mass is 35.5. The lowest BCUT2D eigenvalue weighted by Crippen LogP contribution is -2.28. The molecule has 0 fully saturated rings. The van der Waals surface area contributed by atoms with Gasteiger partial charge < -0.3 is 0 Å². The third kappa shape index (κ3) is 4.46. The van der Waals surface area contributed by atoms with Crippen molar-refractivity contribution in [3.05, 3.63) is 155 Å². The van der Waals surface area contributed by atoms with Gasteiger partial charge in [0.15, 0.2) is 5.84 Å². The fourth-order valence-electron chi connectivity index (χ4n) is 7.21. The molecule has 7 aromatic carbocycles. The van der Waals surface area contributed by atoms with Gasteiger partial charge >= 0.3 is 0 Å². The predicted molar refractivity (Wildman–Crippen MR) is 199 cm³/mol. The topological polar surface area (TPSA) is 24.7 Å². The molecular formula is C42H29ClN2S. The number of halogens is 1. The lowest BCUT2D eigenvalue weighted by molar-refractivity contribution is 0.533. The van der Waals surface area contributed by atoms with E-state index < -0.39 is 0 Å². The first-order valence-electron chi connectivity index (χ1n) is 15.8. The maximum atomic E-state index is 7.21. The summed E-state index contributed by atoms with van der Waals surface area (Å²) in [6.07, 6.45) is 0.887. The van der Waals surface area contributed by atoms with Crippen LogP contribution in [0.2, 0.25) is 5.02 Å². The normalized spacial score (nSPS) is 16.8. The standard InChI is InChI=1S/C42H29ClN2S/c1-2-31-40(29-18-15-25-9-3-4-11-27(25)21-29)44-42(30-19-20-33-28(22-30)17-16-26-10-5-6-12-32(26)33)45-41(31)36-24-39-35(23-37(36)43)34-13-7-8-14-38(34)46-39/h3-24,31,41H,2H2,1H3. The van der Waals surface area contributed by atoms with Crippen molar-refractivity contribution in [2.24, 2.45) is 15.9 Å². The summed E-state index contributed by atoms with van der Waals surface area (Å²) >= 11 is 9.03. The van der Waals surface area contributed by atoms with Crippen molar-refractivity contribution < 1.29 is 0 Å². The second-order valence-corrected chi connectivity index (χ2v) is 13.7. The predicted octanol–water partition coefficient (Wildman–Crippen LogP) is 12.2. The molecule has 2 atom stereocenters. The molecule has 0 N–H and O–H groups in total. The van der Waals surface area contributed by atoms with Gasteiger partial charge in [-0.2, -0.15) is 0 Å². The summed E-state index contributed by atoms with van der Waals surface area (Å²) in [5, 5.41) is 10.6. The van der Waals surface area contributed by atoms with E-state index in [1.807, 2.05) is 11.3 Å². The smallest absolute Gasteiger partial charge is 0.155 e. The molecule has 9 rings (SSSR count). The number of fused-ring (bicyclic) bond motifs is 7. The van der Waals surface area contributed by atoms with Crippen molar-refractivity contribution in [1.29, 1.82) is 0 Å². The third-order valence-corrected chi connectivity index (χ3v) is 11.0. The van der Waals surface area contributed by atoms with E-state index in [0.717, 1.165) is 39.7 Å². The van der Waals surface area contributed by atoms with Gasteiger partial charge in [0, 0.05) is 36.7 Å². The molecule has 2 nitrogen and oxygen atoms in total. The van der Waals surface area contributed by atoms with Crippen LogP contribution in [0.15, 0.2) is 143 Å². The highest BCUT2D eigenvalue weighted by Gasteiger charge is 2.33. The molecule has 220 valence electrons. The maximum Gasteiger partial charge on any atom is 0.155 e. The van der Waals surface area contributed by atoms with Crippen LogP contribution >= 0.6 is 22.9 Å². The minimum absolute atomic E-state index is 0.0682. The van der Waals surface area contributed by atoms with Crippen molar-refractivity contribution >= 4 is 87.0 Å². The van der Waals surface area contributed by atoms with Crippen LogP contribution < -0.4 is 0 Å². The third-order valence-electron chi connectivity index (χ3n) is 9.52. The van der Waals surface area contributed by atoms with E-state index in [1.54, 1.807) is 0 Å². The first-order chi connectivity index (χ1) is 22.6. The zero-order valence-electron chi connectivity index (χ0n) is 25.2. The second kappa shape index (κ2) is 10.9. The number of rotatable bonds is 4. The molecule has 0 radical (unpaired) electrons. The number of thiophene rings is 1. The van der Waals surface area contributed by atoms with Gasteiger partial charge in [-0.25, -0.2) is 4.99 Å². The Morgan fingerprint density at radius 3 is 2.13 bits per heavy atom. The zero-order chi connectivity index (χ0) is 30.8. The Morgan fingerprint density at radius 2 is 1.26 bits per heavy atom. The minimum Gasteiger partial charge on any atom is -0.257 e. The number of amidine groups is 1. The Morgan fingerprint density at radius 1 is 0.587 bits per heavy atom. The van der Waals surface area contributed by atoms with Crippen LogP contribution in [0.4, 0.5) is 0 Å². The van der Waals surface area contributed by atoms with Gasteiger partial charge in [-0.05, 0) is 80.2 Å². The van der Waals surface area contributed by atoms with Crippen LogP contribution in [-0.2, 0) is 0 Å². The first kappa shape index (κ1) is 27.5. The van der Waals surface area contributed by atoms with Crippen LogP contribution in [0.5, 0.6) is 0 Å². The quantitative estimate of drug-likeness (QED) is 0.173. The molecule has 4 heteroatoms. The van der Waals surface area contributed by atoms with Crippen molar-refractivity contribution in [2.45, 2.75) is 19.4 Å². The first-order valence-corrected chi connectivity index (χ1v) is 17.0. The number of hydrogen-bond acceptors (Lipinski definition) is 3. The molecule has 1 aliphatic heterocycles. The highest BCUT2D eigenvalue weighted by Crippen LogP contribution is 2.44. The van der Waals surface area contributed by atoms with E-state index in [-0.39, 0.29) is 12.0 Å². The summed E-state index contributed by atoms with van der Waals surface area (Å²) in [6, 6.07) is 47.6. The van der Waals surface area contributed by atoms with Gasteiger partial charge in [0.2, 0.25) is 0 Å². The summed E-state index contributed by atoms with van der Waals surface area (Å²) in [5.41, 5.74) is 4.27. The summed E-state index contributed by atoms with van der Waals surface area (Å²) in [4.78, 5) is 10.8. The summed E-state index contributed by atoms with van der Waals surface area (Å²) in [5.74, 6) is 0.819. The Bertz CT molecular complexity index is 2560. The monoisotopic (exact) mass is 628 g/mol. The van der Waals surface area contributed by atoms with Crippen LogP contribution in [0.1, 0.15) is 36.1 Å². The fraction of sp³-hybridized carbons (Fsp3) is 0.0952. The molecule has 1 aliphatic rings. The second-order valence-electron chi connectivity index (χ2n) is 12.2. The van der Waals surface area contributed by atoms with E-state index in [4.69, 9.17) is 21.6 Å². The molecule has 0 saturated carbocycles. The molecular weight excluding hydrogens is 600 g/mol. The highest BCUT2D eigenvalue weighted by molar-refractivity contribution is 7.25. The van der Waals surface area contributed by atoms with Crippen LogP contribution in [0.3, 0.4) is 0 Å². The van der Waals surface area contributed by atoms with E-state index in [9.17, 15) is 0 Å². The molecule has 46 heavy (non-hydrogen) atoms. The Labute approximate surface area is 276 Å². The molecule has 2 heterocycles. The van der Waals surface area contributed by atoms with Gasteiger partial charge in [-0.1, -0.05) is 122 Å². The average molecular weight is 629 g/mol. The van der Waals surface area contributed by atoms with Gasteiger partial charge in [-0.15, -0.1) is 11.3 Å². The van der Waals surface area contributed by atoms with Crippen LogP contribution in [0.25, 0.3) is 52.5 Å². The van der Waals surface area contributed by atoms with Gasteiger partial charge in [0.1, 0.15) is 0 Å². The minimum atomic E-state index is -0.173. The number of nitrogens with zero attached hydrogens (tertiary/aromatic N) is 2. The Hall–Kier alpha value is -4.83. The molecule has 0 saturated heterocycles. The maximum absolute atomic E-state index is 7.21. The molecule has 0 bridgehead atoms. The lowest BCUT2D eigenvalue weighted by Gasteiger charge is -2.30. The number of aliphatic imine (C=N–C) groups is 2. The van der Waals surface area contributed by atoms with E-state index in [2.05, 4.69) is 140 Å². The molecule has 8 aromatic rings. The van der Waals surface area contributed by atoms with Crippen molar-refractivity contribution in [2.75, 3.05) is 0 Å². The summed E-state index contributed by atoms with van der Waals surface area (Å²) < 4.78 is 2.51. The van der Waals surface area contributed by atoms with E-state index in [1.165, 1.54) is 52.5 Å². The van der Waals surface area contributed by atoms with Crippen LogP contribution in [-0.4, -0.2) is 11.5 Å². The number of benzene rings is 7.